The Bertz CT molecular complexity index is 539. The number of carboxylic acid groups (broad SMARTS) is 2. The minimum atomic E-state index is -2.34. The van der Waals surface area contributed by atoms with Crippen LogP contribution in [0.4, 0.5) is 0 Å². The van der Waals surface area contributed by atoms with Gasteiger partial charge in [-0.1, -0.05) is 0 Å². The van der Waals surface area contributed by atoms with E-state index in [0.717, 1.165) is 0 Å². The van der Waals surface area contributed by atoms with Gasteiger partial charge in [-0.3, -0.25) is 38.6 Å². The van der Waals surface area contributed by atoms with Crippen molar-refractivity contribution in [3.05, 3.63) is 0 Å². The van der Waals surface area contributed by atoms with Crippen LogP contribution in [-0.4, -0.2) is 61.2 Å². The number of carboxylic acids is 2. The van der Waals surface area contributed by atoms with Gasteiger partial charge in [0.25, 0.3) is 0 Å². The summed E-state index contributed by atoms with van der Waals surface area (Å²) in [6.07, 6.45) is -2.97. The van der Waals surface area contributed by atoms with Gasteiger partial charge in [0.2, 0.25) is 23.6 Å². The largest absolute Gasteiger partial charge is 0.481 e. The molecule has 124 valence electrons. The molecule has 0 aromatic carbocycles. The third kappa shape index (κ3) is 2.79. The van der Waals surface area contributed by atoms with Gasteiger partial charge in [-0.15, -0.1) is 0 Å². The maximum atomic E-state index is 12.0. The van der Waals surface area contributed by atoms with E-state index in [9.17, 15) is 28.8 Å². The Morgan fingerprint density at radius 3 is 1.22 bits per heavy atom. The normalized spacial score (nSPS) is 19.0. The number of carbonyl (C=O) groups is 6. The van der Waals surface area contributed by atoms with Crippen molar-refractivity contribution < 1.29 is 39.0 Å². The minimum absolute atomic E-state index is 0.226. The van der Waals surface area contributed by atoms with Crippen LogP contribution < -0.4 is 0 Å². The number of amides is 4. The quantitative estimate of drug-likeness (QED) is 0.586. The van der Waals surface area contributed by atoms with Crippen molar-refractivity contribution in [2.45, 2.75) is 44.2 Å². The van der Waals surface area contributed by atoms with Crippen LogP contribution in [0.5, 0.6) is 0 Å². The monoisotopic (exact) mass is 326 g/mol. The Kier molecular flexibility index (Phi) is 4.17. The predicted octanol–water partition coefficient (Wildman–Crippen LogP) is -1.07. The third-order valence-electron chi connectivity index (χ3n) is 3.80. The van der Waals surface area contributed by atoms with Crippen molar-refractivity contribution in [1.82, 2.24) is 9.80 Å². The van der Waals surface area contributed by atoms with Crippen LogP contribution in [0.1, 0.15) is 38.5 Å². The summed E-state index contributed by atoms with van der Waals surface area (Å²) in [4.78, 5) is 71.6. The lowest BCUT2D eigenvalue weighted by Crippen LogP contribution is -2.65. The van der Waals surface area contributed by atoms with E-state index in [-0.39, 0.29) is 25.7 Å². The van der Waals surface area contributed by atoms with Crippen molar-refractivity contribution in [1.29, 1.82) is 0 Å². The molecule has 10 nitrogen and oxygen atoms in total. The highest BCUT2D eigenvalue weighted by atomic mass is 16.4. The minimum Gasteiger partial charge on any atom is -0.481 e. The number of hydrogen-bond acceptors (Lipinski definition) is 6. The van der Waals surface area contributed by atoms with Crippen LogP contribution in [0.3, 0.4) is 0 Å². The van der Waals surface area contributed by atoms with Crippen molar-refractivity contribution in [2.24, 2.45) is 0 Å². The standard InChI is InChI=1S/C13H14N2O8/c16-7-1-2-8(17)14(7)13(5-11(20)21,6-12(22)23)15-9(18)3-4-10(15)19/h1-6H2,(H,20,21)(H,22,23). The molecule has 0 bridgehead atoms. The lowest BCUT2D eigenvalue weighted by atomic mass is 9.96. The van der Waals surface area contributed by atoms with Gasteiger partial charge in [-0.05, 0) is 0 Å². The number of nitrogens with zero attached hydrogens (tertiary/aromatic N) is 2. The van der Waals surface area contributed by atoms with Gasteiger partial charge in [0, 0.05) is 25.7 Å². The summed E-state index contributed by atoms with van der Waals surface area (Å²) in [6.45, 7) is 0. The Balaban J connectivity index is 2.63. The smallest absolute Gasteiger partial charge is 0.307 e. The predicted molar refractivity (Wildman–Crippen MR) is 69.4 cm³/mol. The Hall–Kier alpha value is -2.78. The molecular formula is C13H14N2O8. The molecule has 23 heavy (non-hydrogen) atoms. The van der Waals surface area contributed by atoms with Gasteiger partial charge in [-0.2, -0.15) is 0 Å². The molecule has 4 amide bonds. The summed E-state index contributed by atoms with van der Waals surface area (Å²) in [5.41, 5.74) is -2.34. The number of aliphatic carboxylic acids is 2. The number of carbonyl (C=O) groups excluding carboxylic acids is 4. The van der Waals surface area contributed by atoms with Gasteiger partial charge in [-0.25, -0.2) is 0 Å². The number of hydrogen-bond donors (Lipinski definition) is 2. The zero-order valence-corrected chi connectivity index (χ0v) is 12.0. The van der Waals surface area contributed by atoms with E-state index in [2.05, 4.69) is 0 Å². The molecule has 2 saturated heterocycles. The lowest BCUT2D eigenvalue weighted by Gasteiger charge is -2.43. The van der Waals surface area contributed by atoms with Gasteiger partial charge < -0.3 is 10.2 Å². The summed E-state index contributed by atoms with van der Waals surface area (Å²) in [7, 11) is 0. The first-order chi connectivity index (χ1) is 10.7. The fourth-order valence-electron chi connectivity index (χ4n) is 3.04. The fourth-order valence-corrected chi connectivity index (χ4v) is 3.04. The first-order valence-electron chi connectivity index (χ1n) is 6.84. The zero-order valence-electron chi connectivity index (χ0n) is 12.0. The van der Waals surface area contributed by atoms with Gasteiger partial charge >= 0.3 is 11.9 Å². The van der Waals surface area contributed by atoms with E-state index in [1.165, 1.54) is 0 Å². The van der Waals surface area contributed by atoms with Crippen molar-refractivity contribution >= 4 is 35.6 Å². The van der Waals surface area contributed by atoms with Gasteiger partial charge in [0.05, 0.1) is 12.8 Å². The van der Waals surface area contributed by atoms with Crippen molar-refractivity contribution in [3.63, 3.8) is 0 Å². The highest BCUT2D eigenvalue weighted by Gasteiger charge is 2.57. The highest BCUT2D eigenvalue weighted by molar-refractivity contribution is 6.08. The highest BCUT2D eigenvalue weighted by Crippen LogP contribution is 2.37. The molecular weight excluding hydrogens is 312 g/mol. The molecule has 2 fully saturated rings. The van der Waals surface area contributed by atoms with E-state index in [0.29, 0.717) is 9.80 Å². The second kappa shape index (κ2) is 5.78. The summed E-state index contributed by atoms with van der Waals surface area (Å²) < 4.78 is 0. The van der Waals surface area contributed by atoms with E-state index >= 15 is 0 Å². The zero-order chi connectivity index (χ0) is 17.4. The molecule has 2 rings (SSSR count). The lowest BCUT2D eigenvalue weighted by molar-refractivity contribution is -0.172. The fraction of sp³-hybridized carbons (Fsp3) is 0.538. The molecule has 0 unspecified atom stereocenters. The van der Waals surface area contributed by atoms with Crippen molar-refractivity contribution in [3.8, 4) is 0 Å². The molecule has 0 radical (unpaired) electrons. The average Bonchev–Trinajstić information content (AvgIpc) is 2.91. The Labute approximate surface area is 129 Å². The molecule has 10 heteroatoms. The summed E-state index contributed by atoms with van der Waals surface area (Å²) in [5, 5.41) is 18.3. The van der Waals surface area contributed by atoms with Crippen LogP contribution in [0.25, 0.3) is 0 Å². The number of likely N-dealkylation sites (tertiary alicyclic amines) is 2. The molecule has 0 atom stereocenters. The SMILES string of the molecule is O=C(O)CC(CC(=O)O)(N1C(=O)CCC1=O)N1C(=O)CCC1=O. The Morgan fingerprint density at radius 1 is 0.739 bits per heavy atom. The van der Waals surface area contributed by atoms with E-state index < -0.39 is 54.1 Å². The average molecular weight is 326 g/mol. The molecule has 2 aliphatic rings. The summed E-state index contributed by atoms with van der Waals surface area (Å²) in [6, 6.07) is 0. The molecule has 2 heterocycles. The molecule has 0 saturated carbocycles. The first-order valence-corrected chi connectivity index (χ1v) is 6.84. The second-order valence-corrected chi connectivity index (χ2v) is 5.37. The molecule has 2 N–H and O–H groups in total. The molecule has 0 aromatic rings. The third-order valence-corrected chi connectivity index (χ3v) is 3.80. The van der Waals surface area contributed by atoms with E-state index in [1.54, 1.807) is 0 Å². The van der Waals surface area contributed by atoms with Gasteiger partial charge in [0.15, 0.2) is 5.66 Å². The van der Waals surface area contributed by atoms with Crippen LogP contribution in [0, 0.1) is 0 Å². The summed E-state index contributed by atoms with van der Waals surface area (Å²) >= 11 is 0. The van der Waals surface area contributed by atoms with Crippen LogP contribution >= 0.6 is 0 Å². The number of rotatable bonds is 6. The van der Waals surface area contributed by atoms with Crippen LogP contribution in [-0.2, 0) is 28.8 Å². The molecule has 0 aliphatic carbocycles. The maximum Gasteiger partial charge on any atom is 0.307 e. The van der Waals surface area contributed by atoms with Crippen molar-refractivity contribution in [2.75, 3.05) is 0 Å². The Morgan fingerprint density at radius 2 is 1.00 bits per heavy atom. The first kappa shape index (κ1) is 16.6. The second-order valence-electron chi connectivity index (χ2n) is 5.37. The summed E-state index contributed by atoms with van der Waals surface area (Å²) in [5.74, 6) is -6.28. The number of imide groups is 2. The van der Waals surface area contributed by atoms with E-state index in [4.69, 9.17) is 10.2 Å². The maximum absolute atomic E-state index is 12.0. The molecule has 2 aliphatic heterocycles. The van der Waals surface area contributed by atoms with Crippen LogP contribution in [0.15, 0.2) is 0 Å². The topological polar surface area (TPSA) is 149 Å². The molecule has 0 aromatic heterocycles. The van der Waals surface area contributed by atoms with Gasteiger partial charge in [0.1, 0.15) is 0 Å². The van der Waals surface area contributed by atoms with E-state index in [1.807, 2.05) is 0 Å². The van der Waals surface area contributed by atoms with Crippen LogP contribution in [0.2, 0.25) is 0 Å². The molecule has 0 spiro atoms.